The Balaban J connectivity index is 2.21. The van der Waals surface area contributed by atoms with E-state index in [1.807, 2.05) is 32.8 Å². The smallest absolute Gasteiger partial charge is 0.242 e. The predicted octanol–water partition coefficient (Wildman–Crippen LogP) is 0.372. The molecule has 10 heteroatoms. The molecule has 1 aliphatic rings. The second-order valence-corrected chi connectivity index (χ2v) is 10.5. The van der Waals surface area contributed by atoms with E-state index in [1.165, 1.54) is 24.3 Å². The summed E-state index contributed by atoms with van der Waals surface area (Å²) < 4.78 is 51.9. The maximum atomic E-state index is 12.4. The molecule has 25 heavy (non-hydrogen) atoms. The van der Waals surface area contributed by atoms with Gasteiger partial charge in [-0.15, -0.1) is 0 Å². The van der Waals surface area contributed by atoms with Crippen LogP contribution in [0.25, 0.3) is 0 Å². The van der Waals surface area contributed by atoms with Crippen molar-refractivity contribution >= 4 is 31.6 Å². The number of amides is 1. The zero-order chi connectivity index (χ0) is 19.0. The van der Waals surface area contributed by atoms with E-state index in [0.717, 1.165) is 4.31 Å². The number of hydrogen-bond acceptors (Lipinski definition) is 6. The fraction of sp³-hybridized carbons (Fsp3) is 0.533. The third-order valence-electron chi connectivity index (χ3n) is 4.37. The highest BCUT2D eigenvalue weighted by molar-refractivity contribution is 7.94. The molecule has 1 heterocycles. The molecule has 1 aromatic rings. The lowest BCUT2D eigenvalue weighted by atomic mass is 10.1. The molecular weight excluding hydrogens is 366 g/mol. The maximum absolute atomic E-state index is 12.4. The molecule has 1 fully saturated rings. The van der Waals surface area contributed by atoms with E-state index >= 15 is 0 Å². The Hall–Kier alpha value is -1.49. The van der Waals surface area contributed by atoms with Crippen molar-refractivity contribution < 1.29 is 21.6 Å². The Labute approximate surface area is 148 Å². The van der Waals surface area contributed by atoms with Gasteiger partial charge in [0.1, 0.15) is 0 Å². The quantitative estimate of drug-likeness (QED) is 0.754. The molecule has 0 atom stereocenters. The molecule has 1 saturated heterocycles. The van der Waals surface area contributed by atoms with Gasteiger partial charge in [0.25, 0.3) is 0 Å². The van der Waals surface area contributed by atoms with Crippen LogP contribution in [0.1, 0.15) is 20.3 Å². The molecule has 0 saturated carbocycles. The number of sulfonamides is 2. The Bertz CT molecular complexity index is 859. The van der Waals surface area contributed by atoms with Crippen LogP contribution >= 0.6 is 0 Å². The van der Waals surface area contributed by atoms with Gasteiger partial charge in [0, 0.05) is 18.5 Å². The van der Waals surface area contributed by atoms with Crippen LogP contribution < -0.4 is 9.03 Å². The van der Waals surface area contributed by atoms with E-state index in [2.05, 4.69) is 4.72 Å². The lowest BCUT2D eigenvalue weighted by Crippen LogP contribution is -2.48. The summed E-state index contributed by atoms with van der Waals surface area (Å²) >= 11 is 0. The molecule has 1 aliphatic heterocycles. The molecule has 0 unspecified atom stereocenters. The number of carbonyl (C=O) groups excluding carboxylic acids is 1. The fourth-order valence-corrected chi connectivity index (χ4v) is 4.81. The molecule has 0 aromatic heterocycles. The van der Waals surface area contributed by atoms with E-state index in [4.69, 9.17) is 0 Å². The van der Waals surface area contributed by atoms with Crippen molar-refractivity contribution in [1.82, 2.24) is 9.62 Å². The maximum Gasteiger partial charge on any atom is 0.242 e. The minimum Gasteiger partial charge on any atom is -0.303 e. The zero-order valence-corrected chi connectivity index (χ0v) is 16.3. The number of anilines is 1. The Morgan fingerprint density at radius 3 is 2.20 bits per heavy atom. The largest absolute Gasteiger partial charge is 0.303 e. The molecule has 8 nitrogen and oxygen atoms in total. The summed E-state index contributed by atoms with van der Waals surface area (Å²) in [5, 5.41) is 0. The number of carbonyl (C=O) groups is 1. The first-order valence-corrected chi connectivity index (χ1v) is 10.8. The third-order valence-corrected chi connectivity index (χ3v) is 7.47. The van der Waals surface area contributed by atoms with Gasteiger partial charge in [0.05, 0.1) is 16.3 Å². The van der Waals surface area contributed by atoms with Crippen LogP contribution in [0.3, 0.4) is 0 Å². The summed E-state index contributed by atoms with van der Waals surface area (Å²) in [4.78, 5) is 13.7. The van der Waals surface area contributed by atoms with Gasteiger partial charge in [-0.3, -0.25) is 4.79 Å². The first kappa shape index (κ1) is 19.8. The Morgan fingerprint density at radius 1 is 1.20 bits per heavy atom. The summed E-state index contributed by atoms with van der Waals surface area (Å²) in [6, 6.07) is 5.24. The Morgan fingerprint density at radius 2 is 1.76 bits per heavy atom. The normalized spacial score (nSPS) is 18.1. The van der Waals surface area contributed by atoms with E-state index in [0.29, 0.717) is 0 Å². The number of nitrogens with one attached hydrogen (secondary N) is 1. The van der Waals surface area contributed by atoms with Crippen molar-refractivity contribution in [3.8, 4) is 0 Å². The van der Waals surface area contributed by atoms with Crippen LogP contribution in [0, 0.1) is 0 Å². The van der Waals surface area contributed by atoms with Crippen molar-refractivity contribution in [2.45, 2.75) is 30.7 Å². The van der Waals surface area contributed by atoms with Gasteiger partial charge in [0.2, 0.25) is 26.0 Å². The average Bonchev–Trinajstić information content (AvgIpc) is 2.79. The van der Waals surface area contributed by atoms with Gasteiger partial charge in [-0.2, -0.15) is 0 Å². The van der Waals surface area contributed by atoms with Crippen molar-refractivity contribution in [3.05, 3.63) is 24.3 Å². The molecule has 1 amide bonds. The second-order valence-electron chi connectivity index (χ2n) is 6.75. The van der Waals surface area contributed by atoms with Crippen LogP contribution in [-0.4, -0.2) is 59.6 Å². The van der Waals surface area contributed by atoms with E-state index in [1.54, 1.807) is 0 Å². The van der Waals surface area contributed by atoms with Crippen molar-refractivity contribution in [3.63, 3.8) is 0 Å². The van der Waals surface area contributed by atoms with Crippen molar-refractivity contribution in [2.24, 2.45) is 0 Å². The lowest BCUT2D eigenvalue weighted by molar-refractivity contribution is -0.116. The molecule has 2 rings (SSSR count). The standard InChI is InChI=1S/C15H23N3O5S2/c1-15(2,17(3)4)11-16-25(22,23)13-7-5-12(6-8-13)18-14(19)9-10-24(18,20)21/h5-8,16H,9-11H2,1-4H3. The summed E-state index contributed by atoms with van der Waals surface area (Å²) in [5.74, 6) is -0.742. The minimum atomic E-state index is -3.74. The van der Waals surface area contributed by atoms with Crippen LogP contribution in [-0.2, 0) is 24.8 Å². The van der Waals surface area contributed by atoms with Crippen LogP contribution in [0.5, 0.6) is 0 Å². The average molecular weight is 389 g/mol. The number of rotatable bonds is 6. The van der Waals surface area contributed by atoms with E-state index in [-0.39, 0.29) is 34.8 Å². The number of nitrogens with zero attached hydrogens (tertiary/aromatic N) is 2. The van der Waals surface area contributed by atoms with Gasteiger partial charge in [0.15, 0.2) is 0 Å². The topological polar surface area (TPSA) is 104 Å². The molecular formula is C15H23N3O5S2. The summed E-state index contributed by atoms with van der Waals surface area (Å²) in [6.45, 7) is 4.02. The van der Waals surface area contributed by atoms with Crippen molar-refractivity contribution in [1.29, 1.82) is 0 Å². The second kappa shape index (κ2) is 6.67. The van der Waals surface area contributed by atoms with Gasteiger partial charge in [-0.25, -0.2) is 25.9 Å². The molecule has 1 N–H and O–H groups in total. The van der Waals surface area contributed by atoms with Gasteiger partial charge in [-0.05, 0) is 52.2 Å². The van der Waals surface area contributed by atoms with E-state index < -0.39 is 26.0 Å². The number of benzene rings is 1. The Kier molecular flexibility index (Phi) is 5.29. The number of hydrogen-bond donors (Lipinski definition) is 1. The van der Waals surface area contributed by atoms with Crippen LogP contribution in [0.4, 0.5) is 5.69 Å². The minimum absolute atomic E-state index is 0.00912. The van der Waals surface area contributed by atoms with E-state index in [9.17, 15) is 21.6 Å². The highest BCUT2D eigenvalue weighted by Gasteiger charge is 2.36. The van der Waals surface area contributed by atoms with Crippen LogP contribution in [0.15, 0.2) is 29.2 Å². The first-order valence-electron chi connectivity index (χ1n) is 7.70. The number of likely N-dealkylation sites (N-methyl/N-ethyl adjacent to an activating group) is 1. The zero-order valence-electron chi connectivity index (χ0n) is 14.7. The summed E-state index contributed by atoms with van der Waals surface area (Å²) in [6.07, 6.45) is -0.0659. The van der Waals surface area contributed by atoms with Crippen molar-refractivity contribution in [2.75, 3.05) is 30.7 Å². The van der Waals surface area contributed by atoms with Crippen LogP contribution in [0.2, 0.25) is 0 Å². The molecule has 0 spiro atoms. The molecule has 0 bridgehead atoms. The monoisotopic (exact) mass is 389 g/mol. The summed E-state index contributed by atoms with van der Waals surface area (Å²) in [5.41, 5.74) is -0.224. The summed E-state index contributed by atoms with van der Waals surface area (Å²) in [7, 11) is -3.69. The molecule has 1 aromatic carbocycles. The SMILES string of the molecule is CN(C)C(C)(C)CNS(=O)(=O)c1ccc(N2C(=O)CCS2(=O)=O)cc1. The molecule has 0 aliphatic carbocycles. The highest BCUT2D eigenvalue weighted by Crippen LogP contribution is 2.26. The third kappa shape index (κ3) is 4.20. The van der Waals surface area contributed by atoms with Gasteiger partial charge in [-0.1, -0.05) is 0 Å². The molecule has 0 radical (unpaired) electrons. The van der Waals surface area contributed by atoms with Gasteiger partial charge >= 0.3 is 0 Å². The predicted molar refractivity (Wildman–Crippen MR) is 95.3 cm³/mol. The highest BCUT2D eigenvalue weighted by atomic mass is 32.2. The van der Waals surface area contributed by atoms with Gasteiger partial charge < -0.3 is 4.90 Å². The molecule has 140 valence electrons. The first-order chi connectivity index (χ1) is 11.4. The fourth-order valence-electron chi connectivity index (χ4n) is 2.14. The lowest BCUT2D eigenvalue weighted by Gasteiger charge is -2.32.